The van der Waals surface area contributed by atoms with Crippen LogP contribution in [0.15, 0.2) is 9.98 Å². The third-order valence-electron chi connectivity index (χ3n) is 0.979. The molecule has 0 aliphatic rings. The van der Waals surface area contributed by atoms with Crippen molar-refractivity contribution in [3.63, 3.8) is 0 Å². The molecule has 0 radical (unpaired) electrons. The number of aliphatic imine (C=N–C) groups is 2. The largest absolute Gasteiger partial charge is 0.383 e. The summed E-state index contributed by atoms with van der Waals surface area (Å²) < 4.78 is 0. The summed E-state index contributed by atoms with van der Waals surface area (Å²) in [5.41, 5.74) is 0. The molecule has 0 spiro atoms. The Morgan fingerprint density at radius 3 is 2.31 bits per heavy atom. The van der Waals surface area contributed by atoms with Crippen LogP contribution in [-0.4, -0.2) is 33.3 Å². The van der Waals surface area contributed by atoms with Crippen molar-refractivity contribution in [2.75, 3.05) is 0 Å². The summed E-state index contributed by atoms with van der Waals surface area (Å²) in [5.74, 6) is -1.67. The Morgan fingerprint density at radius 2 is 1.85 bits per heavy atom. The summed E-state index contributed by atoms with van der Waals surface area (Å²) in [7, 11) is 0. The van der Waals surface area contributed by atoms with Crippen LogP contribution < -0.4 is 0 Å². The van der Waals surface area contributed by atoms with Gasteiger partial charge in [-0.1, -0.05) is 0 Å². The average molecular weight is 216 g/mol. The van der Waals surface area contributed by atoms with Gasteiger partial charge in [-0.05, 0) is 24.4 Å². The van der Waals surface area contributed by atoms with E-state index in [1.54, 1.807) is 5.16 Å². The molecule has 0 heterocycles. The Morgan fingerprint density at radius 1 is 1.31 bits per heavy atom. The van der Waals surface area contributed by atoms with Crippen molar-refractivity contribution < 1.29 is 14.7 Å². The fraction of sp³-hybridized carbons (Fsp3) is 0.333. The first-order valence-corrected chi connectivity index (χ1v) is 3.84. The first kappa shape index (κ1) is 11.9. The van der Waals surface area contributed by atoms with Crippen molar-refractivity contribution >= 4 is 46.6 Å². The molecule has 1 unspecified atom stereocenters. The van der Waals surface area contributed by atoms with Crippen molar-refractivity contribution in [3.8, 4) is 0 Å². The molecule has 1 atom stereocenters. The molecule has 0 aliphatic carbocycles. The normalized spacial score (nSPS) is 10.5. The average Bonchev–Trinajstić information content (AvgIpc) is 2.05. The lowest BCUT2D eigenvalue weighted by Crippen LogP contribution is -2.21. The predicted molar refractivity (Wildman–Crippen MR) is 50.7 cm³/mol. The Hall–Kier alpha value is -1.10. The predicted octanol–water partition coefficient (Wildman–Crippen LogP) is -0.00380. The lowest BCUT2D eigenvalue weighted by Gasteiger charge is -1.99. The van der Waals surface area contributed by atoms with Crippen LogP contribution in [0.5, 0.6) is 0 Å². The summed E-state index contributed by atoms with van der Waals surface area (Å²) in [5, 5.41) is 12.6. The van der Waals surface area contributed by atoms with Gasteiger partial charge in [-0.2, -0.15) is 9.98 Å². The van der Waals surface area contributed by atoms with Gasteiger partial charge in [-0.3, -0.25) is 9.59 Å². The maximum absolute atomic E-state index is 10.7. The van der Waals surface area contributed by atoms with Gasteiger partial charge >= 0.3 is 0 Å². The molecule has 0 fully saturated rings. The number of thiocarbonyl (C=S) groups is 2. The van der Waals surface area contributed by atoms with E-state index in [2.05, 4.69) is 34.4 Å². The molecule has 0 aromatic heterocycles. The van der Waals surface area contributed by atoms with E-state index < -0.39 is 24.3 Å². The van der Waals surface area contributed by atoms with Gasteiger partial charge in [0.05, 0.1) is 16.7 Å². The minimum absolute atomic E-state index is 0.483. The van der Waals surface area contributed by atoms with Crippen molar-refractivity contribution in [2.45, 2.75) is 12.5 Å². The van der Waals surface area contributed by atoms with Crippen LogP contribution in [0, 0.1) is 0 Å². The van der Waals surface area contributed by atoms with Crippen LogP contribution in [0.4, 0.5) is 0 Å². The van der Waals surface area contributed by atoms with Crippen molar-refractivity contribution in [1.82, 2.24) is 0 Å². The lowest BCUT2D eigenvalue weighted by molar-refractivity contribution is -0.130. The van der Waals surface area contributed by atoms with E-state index in [1.807, 2.05) is 5.16 Å². The highest BCUT2D eigenvalue weighted by atomic mass is 32.1. The molecular formula is C6H4N2O3S2. The molecule has 0 bridgehead atoms. The second-order valence-electron chi connectivity index (χ2n) is 1.86. The second kappa shape index (κ2) is 6.42. The number of isothiocyanates is 2. The van der Waals surface area contributed by atoms with Crippen LogP contribution in [0.25, 0.3) is 0 Å². The highest BCUT2D eigenvalue weighted by Gasteiger charge is 2.17. The van der Waals surface area contributed by atoms with E-state index >= 15 is 0 Å². The first-order valence-electron chi connectivity index (χ1n) is 3.02. The minimum atomic E-state index is -1.55. The highest BCUT2D eigenvalue weighted by Crippen LogP contribution is 1.96. The zero-order chi connectivity index (χ0) is 10.3. The third-order valence-corrected chi connectivity index (χ3v) is 1.16. The van der Waals surface area contributed by atoms with Crippen LogP contribution in [-0.2, 0) is 9.59 Å². The monoisotopic (exact) mass is 216 g/mol. The van der Waals surface area contributed by atoms with Crippen LogP contribution in [0.2, 0.25) is 0 Å². The van der Waals surface area contributed by atoms with E-state index in [-0.39, 0.29) is 0 Å². The third kappa shape index (κ3) is 5.19. The Labute approximate surface area is 84.2 Å². The van der Waals surface area contributed by atoms with Crippen molar-refractivity contribution in [3.05, 3.63) is 0 Å². The summed E-state index contributed by atoms with van der Waals surface area (Å²) >= 11 is 8.27. The first-order chi connectivity index (χ1) is 6.11. The molecule has 0 aliphatic heterocycles. The number of rotatable bonds is 3. The molecular weight excluding hydrogens is 212 g/mol. The summed E-state index contributed by atoms with van der Waals surface area (Å²) in [6.45, 7) is 0. The number of hydrogen-bond acceptors (Lipinski definition) is 5. The minimum Gasteiger partial charge on any atom is -0.383 e. The van der Waals surface area contributed by atoms with Crippen LogP contribution >= 0.6 is 24.4 Å². The lowest BCUT2D eigenvalue weighted by atomic mass is 10.2. The number of aliphatic hydroxyl groups excluding tert-OH is 1. The smallest absolute Gasteiger partial charge is 0.283 e. The van der Waals surface area contributed by atoms with Gasteiger partial charge in [0.25, 0.3) is 11.8 Å². The number of nitrogens with zero attached hydrogens (tertiary/aromatic N) is 2. The number of carbonyl (C=O) groups excluding carboxylic acids is 2. The number of hydrogen-bond donors (Lipinski definition) is 1. The van der Waals surface area contributed by atoms with E-state index in [9.17, 15) is 9.59 Å². The van der Waals surface area contributed by atoms with E-state index in [0.717, 1.165) is 0 Å². The van der Waals surface area contributed by atoms with Gasteiger partial charge in [0.15, 0.2) is 0 Å². The fourth-order valence-corrected chi connectivity index (χ4v) is 0.661. The summed E-state index contributed by atoms with van der Waals surface area (Å²) in [6.07, 6.45) is -2.03. The van der Waals surface area contributed by atoms with E-state index in [0.29, 0.717) is 0 Å². The van der Waals surface area contributed by atoms with Gasteiger partial charge < -0.3 is 5.11 Å². The Bertz CT molecular complexity index is 316. The Balaban J connectivity index is 4.22. The number of aliphatic hydroxyl groups is 1. The van der Waals surface area contributed by atoms with E-state index in [1.165, 1.54) is 0 Å². The standard InChI is InChI=1S/C6H4N2O3S2/c9-4(6(11)8-3-13)1-5(10)7-2-12/h4,9H,1H2. The van der Waals surface area contributed by atoms with Crippen LogP contribution in [0.3, 0.4) is 0 Å². The van der Waals surface area contributed by atoms with Crippen molar-refractivity contribution in [2.24, 2.45) is 9.98 Å². The van der Waals surface area contributed by atoms with Gasteiger partial charge in [-0.15, -0.1) is 0 Å². The van der Waals surface area contributed by atoms with Gasteiger partial charge in [0, 0.05) is 0 Å². The molecule has 7 heteroatoms. The summed E-state index contributed by atoms with van der Waals surface area (Å²) in [4.78, 5) is 27.4. The Kier molecular flexibility index (Phi) is 5.88. The molecule has 1 N–H and O–H groups in total. The molecule has 0 aromatic rings. The molecule has 68 valence electrons. The number of carbonyl (C=O) groups is 2. The molecule has 0 saturated heterocycles. The zero-order valence-corrected chi connectivity index (χ0v) is 7.89. The zero-order valence-electron chi connectivity index (χ0n) is 6.26. The number of amides is 2. The second-order valence-corrected chi connectivity index (χ2v) is 2.22. The molecule has 5 nitrogen and oxygen atoms in total. The molecule has 13 heavy (non-hydrogen) atoms. The van der Waals surface area contributed by atoms with E-state index in [4.69, 9.17) is 5.11 Å². The fourth-order valence-electron chi connectivity index (χ4n) is 0.469. The van der Waals surface area contributed by atoms with Crippen LogP contribution in [0.1, 0.15) is 6.42 Å². The SMILES string of the molecule is O=C(CC(O)C(=O)N=C=S)N=C=S. The van der Waals surface area contributed by atoms with Gasteiger partial charge in [0.2, 0.25) is 0 Å². The van der Waals surface area contributed by atoms with Gasteiger partial charge in [-0.25, -0.2) is 0 Å². The van der Waals surface area contributed by atoms with Gasteiger partial charge in [0.1, 0.15) is 6.10 Å². The molecule has 2 amide bonds. The highest BCUT2D eigenvalue weighted by molar-refractivity contribution is 7.78. The maximum Gasteiger partial charge on any atom is 0.283 e. The quantitative estimate of drug-likeness (QED) is 0.530. The summed E-state index contributed by atoms with van der Waals surface area (Å²) in [6, 6.07) is 0. The van der Waals surface area contributed by atoms with Crippen molar-refractivity contribution in [1.29, 1.82) is 0 Å². The molecule has 0 rings (SSSR count). The maximum atomic E-state index is 10.7. The molecule has 0 aromatic carbocycles. The topological polar surface area (TPSA) is 79.1 Å². The molecule has 0 saturated carbocycles.